The summed E-state index contributed by atoms with van der Waals surface area (Å²) in [7, 11) is 0. The molecule has 0 unspecified atom stereocenters. The van der Waals surface area contributed by atoms with Gasteiger partial charge in [-0.25, -0.2) is 14.6 Å². The summed E-state index contributed by atoms with van der Waals surface area (Å²) in [6, 6.07) is 7.28. The van der Waals surface area contributed by atoms with E-state index in [-0.39, 0.29) is 18.9 Å². The number of amides is 3. The summed E-state index contributed by atoms with van der Waals surface area (Å²) in [5.41, 5.74) is 6.97. The maximum atomic E-state index is 13.0. The topological polar surface area (TPSA) is 165 Å². The Morgan fingerprint density at radius 2 is 1.94 bits per heavy atom. The predicted molar refractivity (Wildman–Crippen MR) is 133 cm³/mol. The summed E-state index contributed by atoms with van der Waals surface area (Å²) in [5.74, 6) is -0.593. The molecule has 1 aromatic carbocycles. The number of hydrogen-bond donors (Lipinski definition) is 5. The number of hydrogen-bond acceptors (Lipinski definition) is 7. The van der Waals surface area contributed by atoms with Gasteiger partial charge in [0.1, 0.15) is 23.7 Å². The van der Waals surface area contributed by atoms with Crippen LogP contribution in [0.5, 0.6) is 5.75 Å². The number of nitrogens with zero attached hydrogens (tertiary/aromatic N) is 1. The molecule has 0 saturated heterocycles. The summed E-state index contributed by atoms with van der Waals surface area (Å²) in [5, 5.41) is 17.5. The summed E-state index contributed by atoms with van der Waals surface area (Å²) < 4.78 is 11.4. The van der Waals surface area contributed by atoms with E-state index in [4.69, 9.17) is 15.2 Å². The van der Waals surface area contributed by atoms with E-state index in [0.29, 0.717) is 37.0 Å². The fraction of sp³-hybridized carbons (Fsp3) is 0.440. The molecule has 3 atom stereocenters. The molecule has 2 aliphatic rings. The van der Waals surface area contributed by atoms with Gasteiger partial charge in [-0.2, -0.15) is 0 Å². The van der Waals surface area contributed by atoms with Crippen molar-refractivity contribution in [2.24, 2.45) is 0 Å². The molecule has 11 nitrogen and oxygen atoms in total. The van der Waals surface area contributed by atoms with E-state index in [2.05, 4.69) is 20.9 Å². The lowest BCUT2D eigenvalue weighted by atomic mass is 10.0. The van der Waals surface area contributed by atoms with Gasteiger partial charge in [-0.1, -0.05) is 18.2 Å². The van der Waals surface area contributed by atoms with Crippen LogP contribution in [0.2, 0.25) is 0 Å². The van der Waals surface area contributed by atoms with Gasteiger partial charge in [-0.3, -0.25) is 4.79 Å². The maximum absolute atomic E-state index is 13.0. The highest BCUT2D eigenvalue weighted by atomic mass is 16.5. The number of anilines is 1. The van der Waals surface area contributed by atoms with Gasteiger partial charge in [0.2, 0.25) is 5.91 Å². The lowest BCUT2D eigenvalue weighted by Gasteiger charge is -2.23. The van der Waals surface area contributed by atoms with Crippen LogP contribution in [0, 0.1) is 0 Å². The van der Waals surface area contributed by atoms with Crippen molar-refractivity contribution in [3.63, 3.8) is 0 Å². The summed E-state index contributed by atoms with van der Waals surface area (Å²) in [6.07, 6.45) is 3.35. The number of rotatable bonds is 5. The molecule has 2 bridgehead atoms. The van der Waals surface area contributed by atoms with E-state index in [0.717, 1.165) is 18.4 Å². The lowest BCUT2D eigenvalue weighted by Crippen LogP contribution is -2.55. The smallest absolute Gasteiger partial charge is 0.326 e. The standard InChI is InChI=1S/C25H33N5O6/c1-16-15-35-10-2-3-11-36-19-7-4-17(5-8-19)12-20(23(31)28-16)29-25(34)30-21(24(32)33)13-18-6-9-22(26)27-14-18/h4-9,14,16,20-21H,2-3,10-13,15H2,1H3,(H2,26,27)(H,28,31)(H,32,33)(H2,29,30,34)/t16-,20+,21-/m0/s1. The van der Waals surface area contributed by atoms with Crippen LogP contribution in [0.3, 0.4) is 0 Å². The molecule has 4 rings (SSSR count). The van der Waals surface area contributed by atoms with Crippen molar-refractivity contribution < 1.29 is 29.0 Å². The van der Waals surface area contributed by atoms with Gasteiger partial charge < -0.3 is 36.3 Å². The minimum Gasteiger partial charge on any atom is -0.494 e. The van der Waals surface area contributed by atoms with Crippen molar-refractivity contribution >= 4 is 23.7 Å². The average Bonchev–Trinajstić information content (AvgIpc) is 2.84. The van der Waals surface area contributed by atoms with Crippen molar-refractivity contribution in [2.75, 3.05) is 25.6 Å². The van der Waals surface area contributed by atoms with Gasteiger partial charge in [0.15, 0.2) is 0 Å². The number of fused-ring (bicyclic) bond motifs is 13. The van der Waals surface area contributed by atoms with Crippen LogP contribution in [0.1, 0.15) is 30.9 Å². The average molecular weight is 500 g/mol. The normalized spacial score (nSPS) is 20.0. The molecule has 36 heavy (non-hydrogen) atoms. The highest BCUT2D eigenvalue weighted by Gasteiger charge is 2.26. The number of aromatic nitrogens is 1. The number of carbonyl (C=O) groups excluding carboxylic acids is 2. The molecule has 2 aromatic rings. The zero-order valence-electron chi connectivity index (χ0n) is 20.2. The molecule has 0 fully saturated rings. The number of nitrogen functional groups attached to an aromatic ring is 1. The number of carboxylic acid groups (broad SMARTS) is 1. The molecule has 11 heteroatoms. The Labute approximate surface area is 209 Å². The molecular weight excluding hydrogens is 466 g/mol. The van der Waals surface area contributed by atoms with E-state index in [9.17, 15) is 19.5 Å². The van der Waals surface area contributed by atoms with E-state index < -0.39 is 30.0 Å². The highest BCUT2D eigenvalue weighted by molar-refractivity contribution is 5.89. The molecule has 0 saturated carbocycles. The largest absolute Gasteiger partial charge is 0.494 e. The molecule has 0 spiro atoms. The van der Waals surface area contributed by atoms with E-state index in [1.807, 2.05) is 31.2 Å². The first-order valence-electron chi connectivity index (χ1n) is 11.9. The second kappa shape index (κ2) is 13.3. The van der Waals surface area contributed by atoms with Crippen molar-refractivity contribution in [3.8, 4) is 5.75 Å². The van der Waals surface area contributed by atoms with Crippen molar-refractivity contribution in [3.05, 3.63) is 53.7 Å². The summed E-state index contributed by atoms with van der Waals surface area (Å²) in [4.78, 5) is 41.5. The molecule has 1 aromatic heterocycles. The maximum Gasteiger partial charge on any atom is 0.326 e. The molecule has 194 valence electrons. The number of pyridine rings is 1. The number of benzene rings is 1. The molecule has 3 amide bonds. The number of carboxylic acids is 1. The number of nitrogens with two attached hydrogens (primary N) is 1. The van der Waals surface area contributed by atoms with Crippen molar-refractivity contribution in [1.29, 1.82) is 0 Å². The SMILES string of the molecule is C[C@H]1COCCCCOc2ccc(cc2)C[C@@H](NC(=O)N[C@@H](Cc2ccc(N)nc2)C(=O)O)C(=O)N1. The number of aliphatic carboxylic acids is 1. The molecule has 2 aliphatic heterocycles. The fourth-order valence-corrected chi connectivity index (χ4v) is 3.66. The lowest BCUT2D eigenvalue weighted by molar-refractivity contribution is -0.139. The Hall–Kier alpha value is -3.86. The van der Waals surface area contributed by atoms with Crippen LogP contribution in [-0.2, 0) is 27.2 Å². The quantitative estimate of drug-likeness (QED) is 0.410. The second-order valence-electron chi connectivity index (χ2n) is 8.74. The van der Waals surface area contributed by atoms with E-state index in [1.54, 1.807) is 12.1 Å². The molecule has 3 heterocycles. The molecule has 0 aliphatic carbocycles. The van der Waals surface area contributed by atoms with Gasteiger partial charge in [-0.15, -0.1) is 0 Å². The molecule has 0 radical (unpaired) electrons. The Kier molecular flexibility index (Phi) is 9.87. The van der Waals surface area contributed by atoms with Crippen molar-refractivity contribution in [1.82, 2.24) is 20.9 Å². The van der Waals surface area contributed by atoms with Crippen LogP contribution in [-0.4, -0.2) is 65.9 Å². The van der Waals surface area contributed by atoms with Gasteiger partial charge in [0.25, 0.3) is 0 Å². The summed E-state index contributed by atoms with van der Waals surface area (Å²) >= 11 is 0. The highest BCUT2D eigenvalue weighted by Crippen LogP contribution is 2.15. The Balaban J connectivity index is 1.70. The van der Waals surface area contributed by atoms with Crippen LogP contribution >= 0.6 is 0 Å². The predicted octanol–water partition coefficient (Wildman–Crippen LogP) is 1.26. The zero-order valence-corrected chi connectivity index (χ0v) is 20.2. The first-order chi connectivity index (χ1) is 17.3. The van der Waals surface area contributed by atoms with E-state index >= 15 is 0 Å². The Bertz CT molecular complexity index is 1010. The Morgan fingerprint density at radius 3 is 2.64 bits per heavy atom. The first kappa shape index (κ1) is 26.7. The third kappa shape index (κ3) is 8.73. The Morgan fingerprint density at radius 1 is 1.19 bits per heavy atom. The third-order valence-corrected chi connectivity index (χ3v) is 5.58. The number of ether oxygens (including phenoxy) is 2. The number of urea groups is 1. The second-order valence-corrected chi connectivity index (χ2v) is 8.74. The monoisotopic (exact) mass is 499 g/mol. The van der Waals surface area contributed by atoms with Gasteiger partial charge in [0, 0.05) is 31.7 Å². The van der Waals surface area contributed by atoms with Crippen LogP contribution < -0.4 is 26.4 Å². The zero-order chi connectivity index (χ0) is 25.9. The minimum atomic E-state index is -1.23. The van der Waals surface area contributed by atoms with Crippen molar-refractivity contribution in [2.45, 2.75) is 50.7 Å². The first-order valence-corrected chi connectivity index (χ1v) is 11.9. The van der Waals surface area contributed by atoms with E-state index in [1.165, 1.54) is 6.20 Å². The van der Waals surface area contributed by atoms with Gasteiger partial charge in [0.05, 0.1) is 13.2 Å². The summed E-state index contributed by atoms with van der Waals surface area (Å²) in [6.45, 7) is 3.27. The van der Waals surface area contributed by atoms with Gasteiger partial charge in [-0.05, 0) is 49.1 Å². The molecular formula is C25H33N5O6. The van der Waals surface area contributed by atoms with Crippen LogP contribution in [0.15, 0.2) is 42.6 Å². The third-order valence-electron chi connectivity index (χ3n) is 5.58. The van der Waals surface area contributed by atoms with Gasteiger partial charge >= 0.3 is 12.0 Å². The number of carbonyl (C=O) groups is 3. The fourth-order valence-electron chi connectivity index (χ4n) is 3.66. The minimum absolute atomic E-state index is 0.00271. The van der Waals surface area contributed by atoms with Crippen LogP contribution in [0.4, 0.5) is 10.6 Å². The van der Waals surface area contributed by atoms with Crippen LogP contribution in [0.25, 0.3) is 0 Å². The number of nitrogens with one attached hydrogen (secondary N) is 3. The molecule has 6 N–H and O–H groups in total.